The van der Waals surface area contributed by atoms with Crippen LogP contribution < -0.4 is 10.6 Å². The third kappa shape index (κ3) is 8.70. The number of carbonyl (C=O) groups is 2. The molecule has 10 heteroatoms. The molecule has 4 aromatic rings. The fourth-order valence-electron chi connectivity index (χ4n) is 4.68. The number of aromatic hydroxyl groups is 1. The molecule has 4 N–H and O–H groups in total. The van der Waals surface area contributed by atoms with Crippen molar-refractivity contribution in [2.75, 3.05) is 13.6 Å². The Labute approximate surface area is 256 Å². The maximum atomic E-state index is 13.5. The Morgan fingerprint density at radius 3 is 2.47 bits per heavy atom. The van der Waals surface area contributed by atoms with Gasteiger partial charge in [-0.15, -0.1) is 11.3 Å². The minimum absolute atomic E-state index is 0.0162. The lowest BCUT2D eigenvalue weighted by atomic mass is 9.99. The molecule has 0 saturated carbocycles. The zero-order valence-corrected chi connectivity index (χ0v) is 25.8. The number of rotatable bonds is 13. The number of para-hydroxylation sites is 1. The number of aliphatic hydroxyl groups is 1. The molecule has 2 heterocycles. The second-order valence-electron chi connectivity index (χ2n) is 11.0. The van der Waals surface area contributed by atoms with E-state index in [4.69, 9.17) is 0 Å². The van der Waals surface area contributed by atoms with Crippen LogP contribution in [0.1, 0.15) is 67.9 Å². The fourth-order valence-corrected chi connectivity index (χ4v) is 5.50. The van der Waals surface area contributed by atoms with Crippen molar-refractivity contribution in [2.45, 2.75) is 58.3 Å². The topological polar surface area (TPSA) is 128 Å². The highest BCUT2D eigenvalue weighted by Gasteiger charge is 2.26. The van der Waals surface area contributed by atoms with Crippen LogP contribution in [0.4, 0.5) is 0 Å². The van der Waals surface area contributed by atoms with Crippen molar-refractivity contribution in [3.63, 3.8) is 0 Å². The lowest BCUT2D eigenvalue weighted by Gasteiger charge is -2.25. The number of aliphatic hydroxyl groups excluding tert-OH is 1. The van der Waals surface area contributed by atoms with Gasteiger partial charge in [0, 0.05) is 43.6 Å². The number of aryl methyl sites for hydroxylation is 1. The van der Waals surface area contributed by atoms with Gasteiger partial charge in [0.15, 0.2) is 0 Å². The van der Waals surface area contributed by atoms with Crippen molar-refractivity contribution >= 4 is 23.2 Å². The highest BCUT2D eigenvalue weighted by Crippen LogP contribution is 2.25. The van der Waals surface area contributed by atoms with Crippen LogP contribution in [0, 0.1) is 6.92 Å². The van der Waals surface area contributed by atoms with Crippen molar-refractivity contribution in [3.8, 4) is 5.75 Å². The van der Waals surface area contributed by atoms with Crippen molar-refractivity contribution in [3.05, 3.63) is 111 Å². The number of nitrogens with one attached hydrogen (secondary N) is 2. The molecule has 9 nitrogen and oxygen atoms in total. The molecule has 4 rings (SSSR count). The molecule has 226 valence electrons. The fraction of sp³-hybridized carbons (Fsp3) is 0.333. The van der Waals surface area contributed by atoms with E-state index < -0.39 is 29.7 Å². The van der Waals surface area contributed by atoms with Gasteiger partial charge in [-0.05, 0) is 48.1 Å². The number of carbonyl (C=O) groups excluding carboxylic acids is 2. The van der Waals surface area contributed by atoms with E-state index in [1.54, 1.807) is 19.3 Å². The van der Waals surface area contributed by atoms with Gasteiger partial charge in [0.05, 0.1) is 29.8 Å². The van der Waals surface area contributed by atoms with E-state index in [1.165, 1.54) is 28.4 Å². The number of pyridine rings is 1. The second-order valence-corrected chi connectivity index (χ2v) is 11.9. The van der Waals surface area contributed by atoms with Crippen molar-refractivity contribution < 1.29 is 19.8 Å². The largest absolute Gasteiger partial charge is 0.506 e. The van der Waals surface area contributed by atoms with E-state index in [2.05, 4.69) is 40.5 Å². The number of hydrogen-bond acceptors (Lipinski definition) is 8. The van der Waals surface area contributed by atoms with Crippen molar-refractivity contribution in [1.82, 2.24) is 25.5 Å². The predicted molar refractivity (Wildman–Crippen MR) is 168 cm³/mol. The number of thiazole rings is 1. The van der Waals surface area contributed by atoms with E-state index in [9.17, 15) is 19.8 Å². The molecule has 0 aliphatic heterocycles. The Balaban J connectivity index is 1.46. The molecule has 2 aromatic heterocycles. The van der Waals surface area contributed by atoms with Gasteiger partial charge in [0.1, 0.15) is 10.8 Å². The summed E-state index contributed by atoms with van der Waals surface area (Å²) >= 11 is 1.46. The first kappa shape index (κ1) is 31.8. The van der Waals surface area contributed by atoms with Crippen molar-refractivity contribution in [1.29, 1.82) is 0 Å². The van der Waals surface area contributed by atoms with Gasteiger partial charge in [-0.2, -0.15) is 0 Å². The highest BCUT2D eigenvalue weighted by molar-refractivity contribution is 7.09. The van der Waals surface area contributed by atoms with Crippen LogP contribution in [-0.4, -0.2) is 62.6 Å². The van der Waals surface area contributed by atoms with Crippen LogP contribution in [0.15, 0.2) is 72.4 Å². The zero-order chi connectivity index (χ0) is 30.9. The van der Waals surface area contributed by atoms with Crippen LogP contribution in [-0.2, 0) is 19.5 Å². The van der Waals surface area contributed by atoms with E-state index in [0.717, 1.165) is 27.4 Å². The first-order chi connectivity index (χ1) is 20.6. The highest BCUT2D eigenvalue weighted by atomic mass is 32.1. The van der Waals surface area contributed by atoms with Gasteiger partial charge in [-0.25, -0.2) is 4.98 Å². The molecule has 0 bridgehead atoms. The van der Waals surface area contributed by atoms with E-state index in [0.29, 0.717) is 18.9 Å². The maximum absolute atomic E-state index is 13.5. The number of amides is 2. The minimum Gasteiger partial charge on any atom is -0.506 e. The van der Waals surface area contributed by atoms with Gasteiger partial charge in [-0.3, -0.25) is 14.6 Å². The molecular formula is C33H39N5O4S. The number of phenols is 1. The molecule has 43 heavy (non-hydrogen) atoms. The number of aromatic nitrogens is 2. The van der Waals surface area contributed by atoms with Crippen LogP contribution in [0.3, 0.4) is 0 Å². The summed E-state index contributed by atoms with van der Waals surface area (Å²) in [6.07, 6.45) is 3.08. The van der Waals surface area contributed by atoms with Crippen LogP contribution in [0.2, 0.25) is 0 Å². The van der Waals surface area contributed by atoms with Gasteiger partial charge < -0.3 is 25.7 Å². The minimum atomic E-state index is -0.940. The molecule has 0 spiro atoms. The standard InChI is InChI=1S/C33H39N5O4S/c1-21(2)25-13-24(15-34-17-25)16-35-18-29(39)28(14-23-9-6-5-7-10-23)37-32(41)26-11-8-12-27(31(26)40)33(42)38(4)19-30-36-22(3)20-43-30/h5-13,15,17,20-21,28-29,35,39-40H,14,16,18-19H2,1-4H3,(H,37,41)/t28-,29+/m0/s1. The van der Waals surface area contributed by atoms with Crippen LogP contribution in [0.5, 0.6) is 5.75 Å². The van der Waals surface area contributed by atoms with E-state index >= 15 is 0 Å². The molecule has 0 unspecified atom stereocenters. The molecule has 0 saturated heterocycles. The van der Waals surface area contributed by atoms with E-state index in [1.807, 2.05) is 48.8 Å². The summed E-state index contributed by atoms with van der Waals surface area (Å²) in [6, 6.07) is 15.5. The molecule has 0 radical (unpaired) electrons. The number of benzene rings is 2. The Hall–Kier alpha value is -4.12. The molecule has 0 aliphatic rings. The number of phenolic OH excluding ortho intramolecular Hbond substituents is 1. The normalized spacial score (nSPS) is 12.6. The molecule has 2 aromatic carbocycles. The maximum Gasteiger partial charge on any atom is 0.257 e. The Bertz CT molecular complexity index is 1520. The van der Waals surface area contributed by atoms with Gasteiger partial charge in [-0.1, -0.05) is 56.3 Å². The smallest absolute Gasteiger partial charge is 0.257 e. The predicted octanol–water partition coefficient (Wildman–Crippen LogP) is 4.44. The summed E-state index contributed by atoms with van der Waals surface area (Å²) in [5.41, 5.74) is 3.93. The molecule has 2 atom stereocenters. The number of nitrogens with zero attached hydrogens (tertiary/aromatic N) is 3. The summed E-state index contributed by atoms with van der Waals surface area (Å²) < 4.78 is 0. The first-order valence-electron chi connectivity index (χ1n) is 14.3. The van der Waals surface area contributed by atoms with Crippen LogP contribution >= 0.6 is 11.3 Å². The summed E-state index contributed by atoms with van der Waals surface area (Å²) in [5, 5.41) is 31.1. The third-order valence-electron chi connectivity index (χ3n) is 7.14. The Morgan fingerprint density at radius 2 is 1.77 bits per heavy atom. The molecule has 0 fully saturated rings. The summed E-state index contributed by atoms with van der Waals surface area (Å²) in [4.78, 5) is 36.8. The monoisotopic (exact) mass is 601 g/mol. The molecular weight excluding hydrogens is 562 g/mol. The lowest BCUT2D eigenvalue weighted by Crippen LogP contribution is -2.48. The Kier molecular flexibility index (Phi) is 11.0. The lowest BCUT2D eigenvalue weighted by molar-refractivity contribution is 0.0781. The van der Waals surface area contributed by atoms with E-state index in [-0.39, 0.29) is 24.2 Å². The third-order valence-corrected chi connectivity index (χ3v) is 8.09. The van der Waals surface area contributed by atoms with Gasteiger partial charge in [0.2, 0.25) is 0 Å². The Morgan fingerprint density at radius 1 is 1.02 bits per heavy atom. The van der Waals surface area contributed by atoms with Crippen molar-refractivity contribution in [2.24, 2.45) is 0 Å². The zero-order valence-electron chi connectivity index (χ0n) is 24.9. The summed E-state index contributed by atoms with van der Waals surface area (Å²) in [5.74, 6) is -1.06. The number of hydrogen-bond donors (Lipinski definition) is 4. The average Bonchev–Trinajstić information content (AvgIpc) is 3.41. The SMILES string of the molecule is Cc1csc(CN(C)C(=O)c2cccc(C(=O)N[C@@H](Cc3ccccc3)[C@H](O)CNCc3cncc(C(C)C)c3)c2O)n1. The average molecular weight is 602 g/mol. The van der Waals surface area contributed by atoms with Gasteiger partial charge >= 0.3 is 0 Å². The first-order valence-corrected chi connectivity index (χ1v) is 15.2. The van der Waals surface area contributed by atoms with Gasteiger partial charge in [0.25, 0.3) is 11.8 Å². The van der Waals surface area contributed by atoms with Crippen LogP contribution in [0.25, 0.3) is 0 Å². The summed E-state index contributed by atoms with van der Waals surface area (Å²) in [6.45, 7) is 7.12. The molecule has 2 amide bonds. The molecule has 0 aliphatic carbocycles. The second kappa shape index (κ2) is 14.9. The quantitative estimate of drug-likeness (QED) is 0.178. The summed E-state index contributed by atoms with van der Waals surface area (Å²) in [7, 11) is 1.62.